The summed E-state index contributed by atoms with van der Waals surface area (Å²) in [4.78, 5) is 43.0. The van der Waals surface area contributed by atoms with Gasteiger partial charge in [-0.15, -0.1) is 0 Å². The Labute approximate surface area is 193 Å². The fourth-order valence-corrected chi connectivity index (χ4v) is 3.66. The van der Waals surface area contributed by atoms with E-state index in [1.165, 1.54) is 6.07 Å². The quantitative estimate of drug-likeness (QED) is 0.540. The lowest BCUT2D eigenvalue weighted by atomic mass is 10.1. The van der Waals surface area contributed by atoms with Crippen LogP contribution >= 0.6 is 0 Å². The second kappa shape index (κ2) is 8.73. The topological polar surface area (TPSA) is 105 Å². The van der Waals surface area contributed by atoms with E-state index in [2.05, 4.69) is 4.98 Å². The van der Waals surface area contributed by atoms with E-state index in [0.29, 0.717) is 13.1 Å². The van der Waals surface area contributed by atoms with E-state index in [4.69, 9.17) is 0 Å². The minimum atomic E-state index is -4.80. The number of β-amino-alcohol motifs (C(OH)–C–C–N with tert-alkyl or cyclic N) is 1. The first kappa shape index (κ1) is 24.3. The molecule has 2 N–H and O–H groups in total. The van der Waals surface area contributed by atoms with Gasteiger partial charge in [0.1, 0.15) is 34.7 Å². The smallest absolute Gasteiger partial charge is 0.391 e. The molecule has 3 heterocycles. The van der Waals surface area contributed by atoms with Gasteiger partial charge in [-0.3, -0.25) is 23.9 Å². The number of rotatable bonds is 4. The lowest BCUT2D eigenvalue weighted by molar-refractivity contribution is -0.149. The molecule has 1 aliphatic rings. The summed E-state index contributed by atoms with van der Waals surface area (Å²) in [7, 11) is 0. The number of aliphatic hydroxyl groups is 1. The first-order chi connectivity index (χ1) is 16.4. The molecule has 2 unspecified atom stereocenters. The van der Waals surface area contributed by atoms with Crippen molar-refractivity contribution >= 4 is 28.7 Å². The molecule has 0 radical (unpaired) electrons. The maximum atomic E-state index is 14.7. The van der Waals surface area contributed by atoms with Gasteiger partial charge in [-0.25, -0.2) is 13.8 Å². The summed E-state index contributed by atoms with van der Waals surface area (Å²) in [6.45, 7) is 0.564. The van der Waals surface area contributed by atoms with Crippen molar-refractivity contribution in [2.45, 2.75) is 31.7 Å². The van der Waals surface area contributed by atoms with Gasteiger partial charge in [0.15, 0.2) is 5.65 Å². The van der Waals surface area contributed by atoms with Crippen molar-refractivity contribution in [2.24, 2.45) is 0 Å². The Balaban J connectivity index is 1.95. The first-order valence-corrected chi connectivity index (χ1v) is 10.2. The van der Waals surface area contributed by atoms with E-state index in [-0.39, 0.29) is 29.8 Å². The second-order valence-corrected chi connectivity index (χ2v) is 7.95. The number of carbonyl (C=O) groups excluding carboxylic acids is 2. The van der Waals surface area contributed by atoms with Crippen LogP contribution in [-0.4, -0.2) is 51.3 Å². The normalized spacial score (nSPS) is 17.2. The molecule has 1 fully saturated rings. The summed E-state index contributed by atoms with van der Waals surface area (Å²) < 4.78 is 68.8. The Morgan fingerprint density at radius 3 is 2.40 bits per heavy atom. The van der Waals surface area contributed by atoms with Gasteiger partial charge < -0.3 is 10.4 Å². The van der Waals surface area contributed by atoms with Crippen molar-refractivity contribution in [3.63, 3.8) is 0 Å². The Hall–Kier alpha value is -3.87. The third-order valence-electron chi connectivity index (χ3n) is 5.48. The van der Waals surface area contributed by atoms with E-state index in [1.54, 1.807) is 5.32 Å². The molecule has 2 aromatic heterocycles. The maximum absolute atomic E-state index is 14.7. The number of hydrogen-bond donors (Lipinski definition) is 2. The molecular weight excluding hydrogens is 479 g/mol. The fourth-order valence-electron chi connectivity index (χ4n) is 3.66. The average molecular weight is 496 g/mol. The summed E-state index contributed by atoms with van der Waals surface area (Å²) >= 11 is 0. The molecule has 3 aromatic rings. The standard InChI is InChI=1S/C22H17F5N4O4/c1-10(22(25,26)27)28-21(35)13-9-31(18-14(23)3-2-4-15(18)24)20-12(19(13)34)5-6-16(29-20)30-8-11(32)7-17(30)33/h2-6,9-11,32H,7-8H2,1H3,(H,28,35). The van der Waals surface area contributed by atoms with Gasteiger partial charge in [0.2, 0.25) is 11.3 Å². The van der Waals surface area contributed by atoms with E-state index in [0.717, 1.165) is 33.7 Å². The molecule has 4 rings (SSSR count). The fraction of sp³-hybridized carbons (Fsp3) is 0.273. The Morgan fingerprint density at radius 1 is 1.17 bits per heavy atom. The minimum Gasteiger partial charge on any atom is -0.391 e. The number of nitrogens with one attached hydrogen (secondary N) is 1. The van der Waals surface area contributed by atoms with Gasteiger partial charge in [-0.2, -0.15) is 13.2 Å². The summed E-state index contributed by atoms with van der Waals surface area (Å²) in [5, 5.41) is 11.1. The number of nitrogens with zero attached hydrogens (tertiary/aromatic N) is 3. The van der Waals surface area contributed by atoms with Crippen LogP contribution in [0.3, 0.4) is 0 Å². The highest BCUT2D eigenvalue weighted by atomic mass is 19.4. The predicted octanol–water partition coefficient (Wildman–Crippen LogP) is 2.44. The largest absolute Gasteiger partial charge is 0.408 e. The molecule has 8 nitrogen and oxygen atoms in total. The third kappa shape index (κ3) is 4.46. The lowest BCUT2D eigenvalue weighted by Gasteiger charge is -2.19. The van der Waals surface area contributed by atoms with Crippen molar-refractivity contribution in [3.8, 4) is 5.69 Å². The highest BCUT2D eigenvalue weighted by Crippen LogP contribution is 2.26. The minimum absolute atomic E-state index is 0.0353. The van der Waals surface area contributed by atoms with Crippen molar-refractivity contribution in [2.75, 3.05) is 11.4 Å². The summed E-state index contributed by atoms with van der Waals surface area (Å²) in [5.41, 5.74) is -2.94. The number of pyridine rings is 2. The molecule has 13 heteroatoms. The highest BCUT2D eigenvalue weighted by Gasteiger charge is 2.38. The number of aliphatic hydroxyl groups excluding tert-OH is 1. The Bertz CT molecular complexity index is 1380. The molecule has 1 saturated heterocycles. The molecule has 0 spiro atoms. The lowest BCUT2D eigenvalue weighted by Crippen LogP contribution is -2.44. The van der Waals surface area contributed by atoms with E-state index in [9.17, 15) is 41.4 Å². The zero-order valence-electron chi connectivity index (χ0n) is 17.9. The van der Waals surface area contributed by atoms with Crippen LogP contribution in [0.15, 0.2) is 41.3 Å². The van der Waals surface area contributed by atoms with Crippen LogP contribution < -0.4 is 15.6 Å². The zero-order valence-corrected chi connectivity index (χ0v) is 17.9. The number of anilines is 1. The molecule has 0 aliphatic carbocycles. The van der Waals surface area contributed by atoms with Crippen molar-refractivity contribution in [1.29, 1.82) is 0 Å². The van der Waals surface area contributed by atoms with Crippen LogP contribution in [0.25, 0.3) is 16.7 Å². The molecule has 184 valence electrons. The van der Waals surface area contributed by atoms with Crippen LogP contribution in [0.1, 0.15) is 23.7 Å². The van der Waals surface area contributed by atoms with Gasteiger partial charge in [0, 0.05) is 6.20 Å². The maximum Gasteiger partial charge on any atom is 0.408 e. The van der Waals surface area contributed by atoms with Crippen molar-refractivity contribution in [3.05, 3.63) is 63.9 Å². The predicted molar refractivity (Wildman–Crippen MR) is 113 cm³/mol. The van der Waals surface area contributed by atoms with Crippen LogP contribution in [0.4, 0.5) is 27.8 Å². The third-order valence-corrected chi connectivity index (χ3v) is 5.48. The number of carbonyl (C=O) groups is 2. The Morgan fingerprint density at radius 2 is 1.83 bits per heavy atom. The second-order valence-electron chi connectivity index (χ2n) is 7.95. The van der Waals surface area contributed by atoms with Gasteiger partial charge in [0.05, 0.1) is 24.5 Å². The molecule has 35 heavy (non-hydrogen) atoms. The van der Waals surface area contributed by atoms with Gasteiger partial charge in [-0.1, -0.05) is 6.07 Å². The summed E-state index contributed by atoms with van der Waals surface area (Å²) in [6, 6.07) is 2.92. The van der Waals surface area contributed by atoms with Crippen molar-refractivity contribution in [1.82, 2.24) is 14.9 Å². The van der Waals surface area contributed by atoms with Gasteiger partial charge in [-0.05, 0) is 31.2 Å². The highest BCUT2D eigenvalue weighted by molar-refractivity contribution is 5.99. The van der Waals surface area contributed by atoms with Gasteiger partial charge >= 0.3 is 6.18 Å². The molecule has 2 atom stereocenters. The van der Waals surface area contributed by atoms with Crippen LogP contribution in [0.5, 0.6) is 0 Å². The molecule has 1 aromatic carbocycles. The van der Waals surface area contributed by atoms with E-state index in [1.807, 2.05) is 0 Å². The SMILES string of the molecule is CC(NC(=O)c1cn(-c2c(F)cccc2F)c2nc(N3CC(O)CC3=O)ccc2c1=O)C(F)(F)F. The number of para-hydroxylation sites is 1. The molecule has 2 amide bonds. The number of aromatic nitrogens is 2. The van der Waals surface area contributed by atoms with Crippen LogP contribution in [0.2, 0.25) is 0 Å². The Kier molecular flexibility index (Phi) is 6.05. The number of fused-ring (bicyclic) bond motifs is 1. The number of hydrogen-bond acceptors (Lipinski definition) is 5. The zero-order chi connectivity index (χ0) is 25.7. The number of halogens is 5. The van der Waals surface area contributed by atoms with E-state index >= 15 is 0 Å². The average Bonchev–Trinajstić information content (AvgIpc) is 3.11. The summed E-state index contributed by atoms with van der Waals surface area (Å²) in [5.74, 6) is -4.14. The summed E-state index contributed by atoms with van der Waals surface area (Å²) in [6.07, 6.45) is -5.24. The number of benzene rings is 1. The molecule has 0 saturated carbocycles. The molecule has 0 bridgehead atoms. The molecular formula is C22H17F5N4O4. The molecule has 1 aliphatic heterocycles. The van der Waals surface area contributed by atoms with Crippen molar-refractivity contribution < 1.29 is 36.6 Å². The first-order valence-electron chi connectivity index (χ1n) is 10.2. The monoisotopic (exact) mass is 496 g/mol. The number of alkyl halides is 3. The number of amides is 2. The van der Waals surface area contributed by atoms with Crippen LogP contribution in [0, 0.1) is 11.6 Å². The van der Waals surface area contributed by atoms with Gasteiger partial charge in [0.25, 0.3) is 5.91 Å². The van der Waals surface area contributed by atoms with E-state index < -0.39 is 58.5 Å². The van der Waals surface area contributed by atoms with Crippen LogP contribution in [-0.2, 0) is 4.79 Å².